The predicted octanol–water partition coefficient (Wildman–Crippen LogP) is 1.92. The number of ether oxygens (including phenoxy) is 1. The fourth-order valence-electron chi connectivity index (χ4n) is 2.16. The highest BCUT2D eigenvalue weighted by Crippen LogP contribution is 2.34. The SMILES string of the molecule is O=C(O)C1(Nc2c([N+](=O)[O-])ccc(F)c2F)CCOCC1. The molecule has 2 rings (SSSR count). The maximum Gasteiger partial charge on any atom is 0.329 e. The third-order valence-electron chi connectivity index (χ3n) is 3.39. The molecule has 1 aromatic carbocycles. The third kappa shape index (κ3) is 2.77. The van der Waals surface area contributed by atoms with E-state index in [9.17, 15) is 28.8 Å². The topological polar surface area (TPSA) is 102 Å². The number of nitrogens with zero attached hydrogens (tertiary/aromatic N) is 1. The number of nitrogens with one attached hydrogen (secondary N) is 1. The number of carbonyl (C=O) groups is 1. The third-order valence-corrected chi connectivity index (χ3v) is 3.39. The minimum absolute atomic E-state index is 0.0184. The summed E-state index contributed by atoms with van der Waals surface area (Å²) in [4.78, 5) is 21.5. The molecule has 9 heteroatoms. The number of carboxylic acids is 1. The van der Waals surface area contributed by atoms with E-state index in [-0.39, 0.29) is 26.1 Å². The number of nitro benzene ring substituents is 1. The van der Waals surface area contributed by atoms with E-state index in [1.807, 2.05) is 0 Å². The summed E-state index contributed by atoms with van der Waals surface area (Å²) in [5, 5.41) is 22.6. The van der Waals surface area contributed by atoms with E-state index in [0.29, 0.717) is 6.07 Å². The zero-order chi connectivity index (χ0) is 15.6. The number of hydrogen-bond donors (Lipinski definition) is 2. The van der Waals surface area contributed by atoms with Crippen molar-refractivity contribution in [3.05, 3.63) is 33.9 Å². The lowest BCUT2D eigenvalue weighted by Crippen LogP contribution is -2.50. The average molecular weight is 302 g/mol. The van der Waals surface area contributed by atoms with E-state index in [0.717, 1.165) is 6.07 Å². The normalized spacial score (nSPS) is 17.2. The Morgan fingerprint density at radius 2 is 2.00 bits per heavy atom. The Hall–Kier alpha value is -2.29. The van der Waals surface area contributed by atoms with Crippen molar-refractivity contribution in [2.75, 3.05) is 18.5 Å². The van der Waals surface area contributed by atoms with Crippen molar-refractivity contribution < 1.29 is 28.3 Å². The van der Waals surface area contributed by atoms with Crippen molar-refractivity contribution in [1.29, 1.82) is 0 Å². The number of aliphatic carboxylic acids is 1. The fourth-order valence-corrected chi connectivity index (χ4v) is 2.16. The summed E-state index contributed by atoms with van der Waals surface area (Å²) in [6.07, 6.45) is -0.0368. The summed E-state index contributed by atoms with van der Waals surface area (Å²) in [5.74, 6) is -4.07. The number of anilines is 1. The van der Waals surface area contributed by atoms with Crippen LogP contribution in [0.25, 0.3) is 0 Å². The van der Waals surface area contributed by atoms with Crippen LogP contribution in [0, 0.1) is 21.7 Å². The Bertz CT molecular complexity index is 587. The summed E-state index contributed by atoms with van der Waals surface area (Å²) < 4.78 is 32.2. The summed E-state index contributed by atoms with van der Waals surface area (Å²) in [5.41, 5.74) is -3.11. The first-order valence-electron chi connectivity index (χ1n) is 6.09. The second-order valence-corrected chi connectivity index (χ2v) is 4.64. The summed E-state index contributed by atoms with van der Waals surface area (Å²) in [6.45, 7) is 0.202. The van der Waals surface area contributed by atoms with Crippen molar-refractivity contribution in [2.24, 2.45) is 0 Å². The summed E-state index contributed by atoms with van der Waals surface area (Å²) in [7, 11) is 0. The highest BCUT2D eigenvalue weighted by molar-refractivity contribution is 5.84. The molecule has 1 aliphatic rings. The molecule has 0 unspecified atom stereocenters. The molecule has 0 atom stereocenters. The maximum atomic E-state index is 13.8. The highest BCUT2D eigenvalue weighted by Gasteiger charge is 2.42. The molecule has 0 aromatic heterocycles. The molecule has 0 spiro atoms. The molecule has 21 heavy (non-hydrogen) atoms. The van der Waals surface area contributed by atoms with Crippen LogP contribution in [0.2, 0.25) is 0 Å². The molecular formula is C12H12F2N2O5. The second kappa shape index (κ2) is 5.60. The van der Waals surface area contributed by atoms with Gasteiger partial charge in [0.25, 0.3) is 5.69 Å². The Morgan fingerprint density at radius 3 is 2.52 bits per heavy atom. The number of halogens is 2. The summed E-state index contributed by atoms with van der Waals surface area (Å²) in [6, 6.07) is 1.41. The lowest BCUT2D eigenvalue weighted by Gasteiger charge is -2.34. The number of nitro groups is 1. The van der Waals surface area contributed by atoms with Gasteiger partial charge in [-0.05, 0) is 6.07 Å². The van der Waals surface area contributed by atoms with Crippen LogP contribution in [0.15, 0.2) is 12.1 Å². The minimum atomic E-state index is -1.63. The van der Waals surface area contributed by atoms with Crippen molar-refractivity contribution in [2.45, 2.75) is 18.4 Å². The smallest absolute Gasteiger partial charge is 0.329 e. The number of benzene rings is 1. The maximum absolute atomic E-state index is 13.8. The highest BCUT2D eigenvalue weighted by atomic mass is 19.2. The molecule has 0 radical (unpaired) electrons. The number of hydrogen-bond acceptors (Lipinski definition) is 5. The Kier molecular flexibility index (Phi) is 4.03. The van der Waals surface area contributed by atoms with Gasteiger partial charge in [0.2, 0.25) is 0 Å². The zero-order valence-corrected chi connectivity index (χ0v) is 10.8. The first kappa shape index (κ1) is 15.1. The summed E-state index contributed by atoms with van der Waals surface area (Å²) >= 11 is 0. The molecule has 1 saturated heterocycles. The lowest BCUT2D eigenvalue weighted by atomic mass is 9.89. The molecule has 2 N–H and O–H groups in total. The van der Waals surface area contributed by atoms with E-state index >= 15 is 0 Å². The van der Waals surface area contributed by atoms with E-state index in [1.165, 1.54) is 0 Å². The molecule has 1 aliphatic heterocycles. The Labute approximate surface area is 117 Å². The van der Waals surface area contributed by atoms with Crippen LogP contribution < -0.4 is 5.32 Å². The van der Waals surface area contributed by atoms with Crippen LogP contribution in [0.4, 0.5) is 20.2 Å². The second-order valence-electron chi connectivity index (χ2n) is 4.64. The molecule has 1 fully saturated rings. The molecule has 114 valence electrons. The monoisotopic (exact) mass is 302 g/mol. The zero-order valence-electron chi connectivity index (χ0n) is 10.8. The van der Waals surface area contributed by atoms with Gasteiger partial charge in [-0.15, -0.1) is 0 Å². The fraction of sp³-hybridized carbons (Fsp3) is 0.417. The first-order chi connectivity index (χ1) is 9.87. The largest absolute Gasteiger partial charge is 0.480 e. The van der Waals surface area contributed by atoms with Gasteiger partial charge in [0.1, 0.15) is 5.54 Å². The Morgan fingerprint density at radius 1 is 1.38 bits per heavy atom. The van der Waals surface area contributed by atoms with Gasteiger partial charge in [0.15, 0.2) is 17.3 Å². The van der Waals surface area contributed by atoms with E-state index in [4.69, 9.17) is 4.74 Å². The van der Waals surface area contributed by atoms with Crippen LogP contribution in [0.3, 0.4) is 0 Å². The van der Waals surface area contributed by atoms with Crippen molar-refractivity contribution >= 4 is 17.3 Å². The van der Waals surface area contributed by atoms with Crippen molar-refractivity contribution in [3.8, 4) is 0 Å². The molecule has 0 saturated carbocycles. The van der Waals surface area contributed by atoms with Gasteiger partial charge in [-0.1, -0.05) is 0 Å². The van der Waals surface area contributed by atoms with Gasteiger partial charge in [-0.25, -0.2) is 13.6 Å². The molecule has 0 amide bonds. The van der Waals surface area contributed by atoms with Crippen LogP contribution in [-0.2, 0) is 9.53 Å². The first-order valence-corrected chi connectivity index (χ1v) is 6.09. The van der Waals surface area contributed by atoms with Gasteiger partial charge >= 0.3 is 5.97 Å². The van der Waals surface area contributed by atoms with Crippen LogP contribution >= 0.6 is 0 Å². The number of carboxylic acid groups (broad SMARTS) is 1. The van der Waals surface area contributed by atoms with Crippen LogP contribution in [0.1, 0.15) is 12.8 Å². The molecular weight excluding hydrogens is 290 g/mol. The van der Waals surface area contributed by atoms with E-state index in [2.05, 4.69) is 5.32 Å². The van der Waals surface area contributed by atoms with Gasteiger partial charge in [0, 0.05) is 32.1 Å². The molecule has 7 nitrogen and oxygen atoms in total. The van der Waals surface area contributed by atoms with Crippen LogP contribution in [-0.4, -0.2) is 34.8 Å². The van der Waals surface area contributed by atoms with Crippen molar-refractivity contribution in [3.63, 3.8) is 0 Å². The molecule has 1 heterocycles. The van der Waals surface area contributed by atoms with Gasteiger partial charge in [0.05, 0.1) is 4.92 Å². The van der Waals surface area contributed by atoms with Gasteiger partial charge < -0.3 is 15.2 Å². The number of rotatable bonds is 4. The van der Waals surface area contributed by atoms with Crippen molar-refractivity contribution in [1.82, 2.24) is 0 Å². The average Bonchev–Trinajstić information content (AvgIpc) is 2.44. The van der Waals surface area contributed by atoms with Gasteiger partial charge in [-0.2, -0.15) is 0 Å². The molecule has 1 aromatic rings. The van der Waals surface area contributed by atoms with Gasteiger partial charge in [-0.3, -0.25) is 10.1 Å². The quantitative estimate of drug-likeness (QED) is 0.651. The standard InChI is InChI=1S/C12H12F2N2O5/c13-7-1-2-8(16(19)20)10(9(7)14)15-12(11(17)18)3-5-21-6-4-12/h1-2,15H,3-6H2,(H,17,18). The van der Waals surface area contributed by atoms with E-state index < -0.39 is 39.4 Å². The Balaban J connectivity index is 2.48. The van der Waals surface area contributed by atoms with Crippen LogP contribution in [0.5, 0.6) is 0 Å². The predicted molar refractivity (Wildman–Crippen MR) is 67.1 cm³/mol. The van der Waals surface area contributed by atoms with E-state index in [1.54, 1.807) is 0 Å². The lowest BCUT2D eigenvalue weighted by molar-refractivity contribution is -0.384. The molecule has 0 aliphatic carbocycles. The molecule has 0 bridgehead atoms. The minimum Gasteiger partial charge on any atom is -0.480 e.